The highest BCUT2D eigenvalue weighted by molar-refractivity contribution is 9.10. The minimum atomic E-state index is -3.15. The Bertz CT molecular complexity index is 1130. The third-order valence-corrected chi connectivity index (χ3v) is 9.38. The van der Waals surface area contributed by atoms with E-state index < -0.39 is 12.9 Å². The standard InChI is InChI=1S/C24H19BrClN2OP/c25-22-14-13-19(16-23(22)26)28-24(18-8-7-15-27-17-18)30(29,20-9-3-1-4-10-20)21-11-5-2-6-12-21/h1-17,24,28H. The molecule has 0 aliphatic carbocycles. The number of nitrogens with zero attached hydrogens (tertiary/aromatic N) is 1. The summed E-state index contributed by atoms with van der Waals surface area (Å²) in [5.41, 5.74) is 1.62. The summed E-state index contributed by atoms with van der Waals surface area (Å²) >= 11 is 9.75. The lowest BCUT2D eigenvalue weighted by molar-refractivity contribution is 0.581. The average molecular weight is 498 g/mol. The van der Waals surface area contributed by atoms with E-state index in [4.69, 9.17) is 11.6 Å². The van der Waals surface area contributed by atoms with E-state index >= 15 is 0 Å². The normalized spacial score (nSPS) is 12.3. The van der Waals surface area contributed by atoms with Crippen LogP contribution in [0.1, 0.15) is 11.3 Å². The Labute approximate surface area is 189 Å². The van der Waals surface area contributed by atoms with Crippen molar-refractivity contribution in [1.29, 1.82) is 0 Å². The van der Waals surface area contributed by atoms with Gasteiger partial charge in [-0.3, -0.25) is 4.98 Å². The number of rotatable bonds is 6. The van der Waals surface area contributed by atoms with E-state index in [1.807, 2.05) is 91.0 Å². The lowest BCUT2D eigenvalue weighted by Gasteiger charge is -2.30. The SMILES string of the molecule is O=P(c1ccccc1)(c1ccccc1)C(Nc1ccc(Br)c(Cl)c1)c1cccnc1. The molecule has 150 valence electrons. The van der Waals surface area contributed by atoms with E-state index in [0.717, 1.165) is 26.3 Å². The van der Waals surface area contributed by atoms with Gasteiger partial charge < -0.3 is 9.88 Å². The minimum absolute atomic E-state index is 0.520. The van der Waals surface area contributed by atoms with Crippen LogP contribution in [0.4, 0.5) is 5.69 Å². The van der Waals surface area contributed by atoms with Crippen molar-refractivity contribution in [2.24, 2.45) is 0 Å². The molecule has 1 atom stereocenters. The van der Waals surface area contributed by atoms with E-state index in [9.17, 15) is 4.57 Å². The molecule has 3 nitrogen and oxygen atoms in total. The topological polar surface area (TPSA) is 42.0 Å². The van der Waals surface area contributed by atoms with E-state index in [1.165, 1.54) is 0 Å². The van der Waals surface area contributed by atoms with Gasteiger partial charge in [0, 0.05) is 38.7 Å². The maximum absolute atomic E-state index is 14.9. The van der Waals surface area contributed by atoms with Gasteiger partial charge in [-0.15, -0.1) is 0 Å². The lowest BCUT2D eigenvalue weighted by atomic mass is 10.2. The summed E-state index contributed by atoms with van der Waals surface area (Å²) in [6.07, 6.45) is 3.48. The largest absolute Gasteiger partial charge is 0.371 e. The van der Waals surface area contributed by atoms with Crippen molar-refractivity contribution >= 4 is 51.0 Å². The zero-order chi connectivity index (χ0) is 21.0. The number of anilines is 1. The fourth-order valence-electron chi connectivity index (χ4n) is 3.41. The second-order valence-electron chi connectivity index (χ2n) is 6.79. The molecule has 0 bridgehead atoms. The number of aromatic nitrogens is 1. The molecule has 6 heteroatoms. The molecule has 0 aliphatic rings. The van der Waals surface area contributed by atoms with Gasteiger partial charge in [0.25, 0.3) is 0 Å². The van der Waals surface area contributed by atoms with Crippen LogP contribution in [0.2, 0.25) is 5.02 Å². The van der Waals surface area contributed by atoms with Crippen molar-refractivity contribution in [2.75, 3.05) is 5.32 Å². The molecule has 0 saturated heterocycles. The van der Waals surface area contributed by atoms with Crippen molar-refractivity contribution < 1.29 is 4.57 Å². The quantitative estimate of drug-likeness (QED) is 0.304. The Hall–Kier alpha value is -2.39. The zero-order valence-electron chi connectivity index (χ0n) is 16.0. The maximum Gasteiger partial charge on any atom is 0.168 e. The van der Waals surface area contributed by atoms with Gasteiger partial charge in [0.05, 0.1) is 5.02 Å². The molecule has 4 aromatic rings. The molecule has 1 heterocycles. The first-order valence-electron chi connectivity index (χ1n) is 9.41. The first kappa shape index (κ1) is 20.9. The first-order chi connectivity index (χ1) is 14.6. The van der Waals surface area contributed by atoms with Gasteiger partial charge in [-0.1, -0.05) is 78.3 Å². The first-order valence-corrected chi connectivity index (χ1v) is 12.4. The third-order valence-electron chi connectivity index (χ3n) is 4.87. The van der Waals surface area contributed by atoms with Crippen molar-refractivity contribution in [1.82, 2.24) is 4.98 Å². The summed E-state index contributed by atoms with van der Waals surface area (Å²) in [5.74, 6) is -0.520. The molecule has 0 saturated carbocycles. The molecule has 1 aromatic heterocycles. The molecule has 0 radical (unpaired) electrons. The van der Waals surface area contributed by atoms with Crippen LogP contribution in [0.25, 0.3) is 0 Å². The van der Waals surface area contributed by atoms with Gasteiger partial charge >= 0.3 is 0 Å². The Balaban J connectivity index is 1.92. The molecule has 0 aliphatic heterocycles. The van der Waals surface area contributed by atoms with Crippen molar-refractivity contribution in [3.05, 3.63) is 118 Å². The number of nitrogens with one attached hydrogen (secondary N) is 1. The number of hydrogen-bond acceptors (Lipinski definition) is 3. The molecule has 4 rings (SSSR count). The number of benzene rings is 3. The van der Waals surface area contributed by atoms with Gasteiger partial charge in [0.1, 0.15) is 5.78 Å². The number of pyridine rings is 1. The summed E-state index contributed by atoms with van der Waals surface area (Å²) in [6, 6.07) is 28.7. The summed E-state index contributed by atoms with van der Waals surface area (Å²) in [5, 5.41) is 5.63. The third kappa shape index (κ3) is 4.22. The Morgan fingerprint density at radius 3 is 2.03 bits per heavy atom. The van der Waals surface area contributed by atoms with Crippen LogP contribution in [0.5, 0.6) is 0 Å². The molecule has 1 N–H and O–H groups in total. The molecule has 1 unspecified atom stereocenters. The highest BCUT2D eigenvalue weighted by Crippen LogP contribution is 2.57. The van der Waals surface area contributed by atoms with E-state index in [1.54, 1.807) is 12.4 Å². The van der Waals surface area contributed by atoms with Crippen molar-refractivity contribution in [3.63, 3.8) is 0 Å². The number of hydrogen-bond donors (Lipinski definition) is 1. The minimum Gasteiger partial charge on any atom is -0.371 e. The van der Waals surface area contributed by atoms with E-state index in [0.29, 0.717) is 5.02 Å². The molecule has 30 heavy (non-hydrogen) atoms. The highest BCUT2D eigenvalue weighted by Gasteiger charge is 2.38. The van der Waals surface area contributed by atoms with Crippen LogP contribution < -0.4 is 15.9 Å². The van der Waals surface area contributed by atoms with Crippen LogP contribution in [-0.2, 0) is 4.57 Å². The Kier molecular flexibility index (Phi) is 6.38. The maximum atomic E-state index is 14.9. The monoisotopic (exact) mass is 496 g/mol. The molecular formula is C24H19BrClN2OP. The molecule has 0 amide bonds. The second-order valence-corrected chi connectivity index (χ2v) is 10.9. The Morgan fingerprint density at radius 1 is 0.867 bits per heavy atom. The fraction of sp³-hybridized carbons (Fsp3) is 0.0417. The number of halogens is 2. The van der Waals surface area contributed by atoms with Gasteiger partial charge in [0.15, 0.2) is 7.14 Å². The summed E-state index contributed by atoms with van der Waals surface area (Å²) in [4.78, 5) is 4.29. The predicted octanol–water partition coefficient (Wildman–Crippen LogP) is 6.62. The summed E-state index contributed by atoms with van der Waals surface area (Å²) in [7, 11) is -3.15. The van der Waals surface area contributed by atoms with Crippen molar-refractivity contribution in [3.8, 4) is 0 Å². The smallest absolute Gasteiger partial charge is 0.168 e. The van der Waals surface area contributed by atoms with Gasteiger partial charge in [-0.2, -0.15) is 0 Å². The molecular weight excluding hydrogens is 479 g/mol. The summed E-state index contributed by atoms with van der Waals surface area (Å²) in [6.45, 7) is 0. The molecule has 0 spiro atoms. The van der Waals surface area contributed by atoms with Gasteiger partial charge in [-0.25, -0.2) is 0 Å². The second kappa shape index (κ2) is 9.18. The zero-order valence-corrected chi connectivity index (χ0v) is 19.2. The van der Waals surface area contributed by atoms with Crippen LogP contribution in [0.3, 0.4) is 0 Å². The fourth-order valence-corrected chi connectivity index (χ4v) is 6.87. The van der Waals surface area contributed by atoms with E-state index in [2.05, 4.69) is 26.2 Å². The van der Waals surface area contributed by atoms with Crippen LogP contribution in [0, 0.1) is 0 Å². The predicted molar refractivity (Wildman–Crippen MR) is 130 cm³/mol. The summed E-state index contributed by atoms with van der Waals surface area (Å²) < 4.78 is 15.7. The van der Waals surface area contributed by atoms with Crippen molar-refractivity contribution in [2.45, 2.75) is 5.78 Å². The molecule has 3 aromatic carbocycles. The average Bonchev–Trinajstić information content (AvgIpc) is 2.81. The van der Waals surface area contributed by atoms with Crippen LogP contribution >= 0.6 is 34.7 Å². The van der Waals surface area contributed by atoms with Gasteiger partial charge in [-0.05, 0) is 40.2 Å². The molecule has 0 fully saturated rings. The van der Waals surface area contributed by atoms with Crippen LogP contribution in [0.15, 0.2) is 108 Å². The van der Waals surface area contributed by atoms with E-state index in [-0.39, 0.29) is 0 Å². The van der Waals surface area contributed by atoms with Crippen LogP contribution in [-0.4, -0.2) is 4.98 Å². The highest BCUT2D eigenvalue weighted by atomic mass is 79.9. The van der Waals surface area contributed by atoms with Gasteiger partial charge in [0.2, 0.25) is 0 Å². The lowest BCUT2D eigenvalue weighted by Crippen LogP contribution is -2.25. The Morgan fingerprint density at radius 2 is 1.50 bits per heavy atom.